The van der Waals surface area contributed by atoms with E-state index in [1.165, 1.54) is 5.56 Å². The van der Waals surface area contributed by atoms with Gasteiger partial charge in [-0.05, 0) is 18.1 Å². The maximum absolute atomic E-state index is 5.80. The molecule has 17 heavy (non-hydrogen) atoms. The van der Waals surface area contributed by atoms with Gasteiger partial charge in [0.1, 0.15) is 5.01 Å². The molecule has 0 saturated heterocycles. The second kappa shape index (κ2) is 6.15. The van der Waals surface area contributed by atoms with Crippen molar-refractivity contribution in [2.45, 2.75) is 25.9 Å². The van der Waals surface area contributed by atoms with Gasteiger partial charge in [0, 0.05) is 30.0 Å². The van der Waals surface area contributed by atoms with E-state index in [9.17, 15) is 0 Å². The number of hydrogen-bond acceptors (Lipinski definition) is 3. The first kappa shape index (κ1) is 12.6. The van der Waals surface area contributed by atoms with Gasteiger partial charge in [0.15, 0.2) is 0 Å². The maximum Gasteiger partial charge on any atom is 0.107 e. The number of nitrogens with zero attached hydrogens (tertiary/aromatic N) is 1. The van der Waals surface area contributed by atoms with Crippen molar-refractivity contribution in [1.82, 2.24) is 10.3 Å². The molecule has 1 heterocycles. The van der Waals surface area contributed by atoms with Crippen molar-refractivity contribution in [2.24, 2.45) is 0 Å². The molecular weight excluding hydrogens is 252 g/mol. The molecule has 0 unspecified atom stereocenters. The van der Waals surface area contributed by atoms with E-state index >= 15 is 0 Å². The van der Waals surface area contributed by atoms with Gasteiger partial charge < -0.3 is 5.32 Å². The second-order valence-electron chi connectivity index (χ2n) is 3.94. The summed E-state index contributed by atoms with van der Waals surface area (Å²) in [5.41, 5.74) is 3.52. The molecule has 1 aromatic carbocycles. The van der Waals surface area contributed by atoms with Crippen molar-refractivity contribution in [2.75, 3.05) is 0 Å². The topological polar surface area (TPSA) is 24.9 Å². The van der Waals surface area contributed by atoms with Crippen molar-refractivity contribution in [1.29, 1.82) is 0 Å². The lowest BCUT2D eigenvalue weighted by Crippen LogP contribution is -2.12. The molecule has 0 aliphatic rings. The number of nitrogens with one attached hydrogen (secondary N) is 1. The highest BCUT2D eigenvalue weighted by atomic mass is 35.5. The molecular formula is C13H15ClN2S. The highest BCUT2D eigenvalue weighted by molar-refractivity contribution is 7.09. The lowest BCUT2D eigenvalue weighted by atomic mass is 10.1. The van der Waals surface area contributed by atoms with Crippen molar-refractivity contribution < 1.29 is 0 Å². The van der Waals surface area contributed by atoms with Gasteiger partial charge in [0.2, 0.25) is 0 Å². The fourth-order valence-corrected chi connectivity index (χ4v) is 2.53. The molecule has 2 nitrogen and oxygen atoms in total. The second-order valence-corrected chi connectivity index (χ2v) is 5.15. The van der Waals surface area contributed by atoms with Gasteiger partial charge in [-0.2, -0.15) is 0 Å². The van der Waals surface area contributed by atoms with Crippen molar-refractivity contribution in [3.63, 3.8) is 0 Å². The monoisotopic (exact) mass is 266 g/mol. The number of thiazole rings is 1. The quantitative estimate of drug-likeness (QED) is 0.838. The Balaban J connectivity index is 1.85. The molecule has 1 aromatic heterocycles. The Labute approximate surface area is 111 Å². The van der Waals surface area contributed by atoms with E-state index < -0.39 is 0 Å². The molecule has 0 atom stereocenters. The first-order chi connectivity index (χ1) is 8.28. The zero-order valence-electron chi connectivity index (χ0n) is 9.74. The highest BCUT2D eigenvalue weighted by Crippen LogP contribution is 2.10. The fourth-order valence-electron chi connectivity index (χ4n) is 1.62. The number of alkyl halides is 1. The molecule has 90 valence electrons. The first-order valence-corrected chi connectivity index (χ1v) is 6.95. The number of aromatic nitrogens is 1. The Bertz CT molecular complexity index is 482. The summed E-state index contributed by atoms with van der Waals surface area (Å²) in [6, 6.07) is 8.33. The van der Waals surface area contributed by atoms with E-state index in [-0.39, 0.29) is 0 Å². The van der Waals surface area contributed by atoms with Gasteiger partial charge in [-0.15, -0.1) is 22.9 Å². The predicted molar refractivity (Wildman–Crippen MR) is 73.4 cm³/mol. The molecule has 0 amide bonds. The minimum atomic E-state index is 0.569. The van der Waals surface area contributed by atoms with Crippen LogP contribution in [0, 0.1) is 6.92 Å². The summed E-state index contributed by atoms with van der Waals surface area (Å²) in [5.74, 6) is 0.569. The lowest BCUT2D eigenvalue weighted by molar-refractivity contribution is 0.688. The third-order valence-corrected chi connectivity index (χ3v) is 3.69. The van der Waals surface area contributed by atoms with Crippen LogP contribution in [0.4, 0.5) is 0 Å². The molecule has 0 spiro atoms. The molecule has 0 fully saturated rings. The Hall–Kier alpha value is -0.900. The van der Waals surface area contributed by atoms with Crippen LogP contribution in [0.1, 0.15) is 21.8 Å². The number of aryl methyl sites for hydroxylation is 1. The SMILES string of the molecule is Cc1csc(CNCc2cccc(CCl)c2)n1. The van der Waals surface area contributed by atoms with Crippen LogP contribution in [0.5, 0.6) is 0 Å². The summed E-state index contributed by atoms with van der Waals surface area (Å²) in [7, 11) is 0. The zero-order chi connectivity index (χ0) is 12.1. The zero-order valence-corrected chi connectivity index (χ0v) is 11.3. The van der Waals surface area contributed by atoms with Crippen LogP contribution < -0.4 is 5.32 Å². The minimum absolute atomic E-state index is 0.569. The molecule has 4 heteroatoms. The Kier molecular flexibility index (Phi) is 4.54. The first-order valence-electron chi connectivity index (χ1n) is 5.53. The van der Waals surface area contributed by atoms with E-state index in [0.29, 0.717) is 5.88 Å². The molecule has 1 N–H and O–H groups in total. The number of halogens is 1. The van der Waals surface area contributed by atoms with Crippen molar-refractivity contribution in [3.8, 4) is 0 Å². The average molecular weight is 267 g/mol. The number of rotatable bonds is 5. The van der Waals surface area contributed by atoms with Crippen LogP contribution in [-0.4, -0.2) is 4.98 Å². The summed E-state index contributed by atoms with van der Waals surface area (Å²) in [4.78, 5) is 4.41. The molecule has 0 saturated carbocycles. The number of benzene rings is 1. The van der Waals surface area contributed by atoms with E-state index in [0.717, 1.165) is 29.4 Å². The van der Waals surface area contributed by atoms with E-state index in [4.69, 9.17) is 11.6 Å². The van der Waals surface area contributed by atoms with Gasteiger partial charge in [-0.3, -0.25) is 0 Å². The van der Waals surface area contributed by atoms with E-state index in [1.807, 2.05) is 19.1 Å². The van der Waals surface area contributed by atoms with Crippen molar-refractivity contribution in [3.05, 3.63) is 51.5 Å². The van der Waals surface area contributed by atoms with Gasteiger partial charge >= 0.3 is 0 Å². The summed E-state index contributed by atoms with van der Waals surface area (Å²) in [6.07, 6.45) is 0. The van der Waals surface area contributed by atoms with Crippen LogP contribution in [0.3, 0.4) is 0 Å². The summed E-state index contributed by atoms with van der Waals surface area (Å²) >= 11 is 7.50. The van der Waals surface area contributed by atoms with Gasteiger partial charge in [-0.25, -0.2) is 4.98 Å². The van der Waals surface area contributed by atoms with Crippen LogP contribution in [0.15, 0.2) is 29.6 Å². The smallest absolute Gasteiger partial charge is 0.107 e. The summed E-state index contributed by atoms with van der Waals surface area (Å²) < 4.78 is 0. The predicted octanol–water partition coefficient (Wildman–Crippen LogP) is 3.48. The van der Waals surface area contributed by atoms with Gasteiger partial charge in [0.25, 0.3) is 0 Å². The third-order valence-electron chi connectivity index (χ3n) is 2.42. The number of hydrogen-bond donors (Lipinski definition) is 1. The molecule has 2 aromatic rings. The van der Waals surface area contributed by atoms with Crippen LogP contribution in [0.25, 0.3) is 0 Å². The summed E-state index contributed by atoms with van der Waals surface area (Å²) in [6.45, 7) is 3.69. The van der Waals surface area contributed by atoms with Gasteiger partial charge in [-0.1, -0.05) is 24.3 Å². The van der Waals surface area contributed by atoms with Crippen LogP contribution >= 0.6 is 22.9 Å². The van der Waals surface area contributed by atoms with E-state index in [2.05, 4.69) is 27.8 Å². The standard InChI is InChI=1S/C13H15ClN2S/c1-10-9-17-13(16-10)8-15-7-12-4-2-3-11(5-12)6-14/h2-5,9,15H,6-8H2,1H3. The minimum Gasteiger partial charge on any atom is -0.306 e. The van der Waals surface area contributed by atoms with Crippen molar-refractivity contribution >= 4 is 22.9 Å². The lowest BCUT2D eigenvalue weighted by Gasteiger charge is -2.04. The average Bonchev–Trinajstić information content (AvgIpc) is 2.75. The largest absolute Gasteiger partial charge is 0.306 e. The fraction of sp³-hybridized carbons (Fsp3) is 0.308. The Morgan fingerprint density at radius 3 is 2.82 bits per heavy atom. The van der Waals surface area contributed by atoms with Gasteiger partial charge in [0.05, 0.1) is 0 Å². The maximum atomic E-state index is 5.80. The molecule has 0 bridgehead atoms. The molecule has 2 rings (SSSR count). The third kappa shape index (κ3) is 3.80. The normalized spacial score (nSPS) is 10.7. The highest BCUT2D eigenvalue weighted by Gasteiger charge is 1.99. The van der Waals surface area contributed by atoms with Crippen LogP contribution in [-0.2, 0) is 19.0 Å². The summed E-state index contributed by atoms with van der Waals surface area (Å²) in [5, 5.41) is 6.60. The van der Waals surface area contributed by atoms with Crippen LogP contribution in [0.2, 0.25) is 0 Å². The molecule has 0 aliphatic heterocycles. The Morgan fingerprint density at radius 1 is 1.29 bits per heavy atom. The van der Waals surface area contributed by atoms with E-state index in [1.54, 1.807) is 11.3 Å². The molecule has 0 aliphatic carbocycles. The molecule has 0 radical (unpaired) electrons. The Morgan fingerprint density at radius 2 is 2.12 bits per heavy atom.